The third-order valence-corrected chi connectivity index (χ3v) is 9.53. The number of rotatable bonds is 13. The van der Waals surface area contributed by atoms with Gasteiger partial charge in [-0.15, -0.1) is 10.2 Å². The van der Waals surface area contributed by atoms with Gasteiger partial charge in [-0.3, -0.25) is 14.2 Å². The zero-order valence-electron chi connectivity index (χ0n) is 24.4. The molecule has 0 fully saturated rings. The molecule has 0 bridgehead atoms. The van der Waals surface area contributed by atoms with Crippen LogP contribution in [0.3, 0.4) is 0 Å². The van der Waals surface area contributed by atoms with Gasteiger partial charge in [-0.25, -0.2) is 8.42 Å². The van der Waals surface area contributed by atoms with Gasteiger partial charge in [-0.05, 0) is 73.2 Å². The summed E-state index contributed by atoms with van der Waals surface area (Å²) in [7, 11) is -2.05. The first-order valence-electron chi connectivity index (χ1n) is 13.6. The Hall–Kier alpha value is -4.20. The lowest BCUT2D eigenvalue weighted by Crippen LogP contribution is -2.30. The van der Waals surface area contributed by atoms with E-state index in [1.54, 1.807) is 49.8 Å². The first kappa shape index (κ1) is 31.7. The number of nitrogens with one attached hydrogen (secondary N) is 2. The van der Waals surface area contributed by atoms with E-state index in [4.69, 9.17) is 4.74 Å². The number of carbonyl (C=O) groups excluding carboxylic acids is 2. The summed E-state index contributed by atoms with van der Waals surface area (Å²) in [6, 6.07) is 20.6. The molecule has 13 heteroatoms. The van der Waals surface area contributed by atoms with Crippen LogP contribution in [0, 0.1) is 6.92 Å². The number of amides is 2. The third kappa shape index (κ3) is 7.80. The molecule has 0 saturated heterocycles. The Kier molecular flexibility index (Phi) is 10.6. The predicted molar refractivity (Wildman–Crippen MR) is 166 cm³/mol. The summed E-state index contributed by atoms with van der Waals surface area (Å²) in [6.45, 7) is 6.29. The van der Waals surface area contributed by atoms with Gasteiger partial charge < -0.3 is 15.4 Å². The number of hydrogen-bond acceptors (Lipinski definition) is 8. The fourth-order valence-electron chi connectivity index (χ4n) is 4.29. The lowest BCUT2D eigenvalue weighted by molar-refractivity contribution is -0.113. The minimum absolute atomic E-state index is 0.0534. The normalized spacial score (nSPS) is 11.4. The maximum absolute atomic E-state index is 13.0. The molecule has 0 atom stereocenters. The number of benzene rings is 3. The number of anilines is 1. The quantitative estimate of drug-likeness (QED) is 0.211. The molecule has 0 spiro atoms. The number of ether oxygens (including phenoxy) is 1. The fraction of sp³-hybridized carbons (Fsp3) is 0.267. The van der Waals surface area contributed by atoms with Gasteiger partial charge >= 0.3 is 0 Å². The van der Waals surface area contributed by atoms with Crippen LogP contribution in [0.2, 0.25) is 0 Å². The lowest BCUT2D eigenvalue weighted by Gasteiger charge is -2.18. The molecule has 3 aromatic carbocycles. The summed E-state index contributed by atoms with van der Waals surface area (Å²) >= 11 is 1.22. The molecule has 43 heavy (non-hydrogen) atoms. The average molecular weight is 623 g/mol. The van der Waals surface area contributed by atoms with E-state index in [1.807, 2.05) is 31.2 Å². The molecule has 2 N–H and O–H groups in total. The Morgan fingerprint density at radius 2 is 1.67 bits per heavy atom. The number of hydrogen-bond donors (Lipinski definition) is 2. The van der Waals surface area contributed by atoms with Crippen LogP contribution in [0.5, 0.6) is 5.75 Å². The van der Waals surface area contributed by atoms with Crippen molar-refractivity contribution in [2.75, 3.05) is 31.3 Å². The van der Waals surface area contributed by atoms with Crippen LogP contribution in [-0.2, 0) is 21.4 Å². The van der Waals surface area contributed by atoms with Crippen molar-refractivity contribution in [3.8, 4) is 11.4 Å². The SMILES string of the molecule is CCN(CC)S(=O)(=O)c1ccc(C(=O)NCc2nnc(SCC(=O)Nc3ccc(OC)cc3)n2-c2cccc(C)c2)cc1. The fourth-order valence-corrected chi connectivity index (χ4v) is 6.52. The van der Waals surface area contributed by atoms with Gasteiger partial charge in [0.05, 0.1) is 24.3 Å². The molecule has 0 aliphatic carbocycles. The molecular formula is C30H34N6O5S2. The minimum Gasteiger partial charge on any atom is -0.497 e. The van der Waals surface area contributed by atoms with Crippen molar-refractivity contribution in [3.63, 3.8) is 0 Å². The number of carbonyl (C=O) groups is 2. The van der Waals surface area contributed by atoms with Crippen LogP contribution in [0.25, 0.3) is 5.69 Å². The smallest absolute Gasteiger partial charge is 0.251 e. The number of thioether (sulfide) groups is 1. The van der Waals surface area contributed by atoms with E-state index >= 15 is 0 Å². The first-order chi connectivity index (χ1) is 20.7. The zero-order valence-corrected chi connectivity index (χ0v) is 26.0. The Bertz CT molecular complexity index is 1670. The molecule has 0 saturated carbocycles. The summed E-state index contributed by atoms with van der Waals surface area (Å²) in [4.78, 5) is 25.8. The van der Waals surface area contributed by atoms with Gasteiger partial charge in [0.2, 0.25) is 15.9 Å². The third-order valence-electron chi connectivity index (χ3n) is 6.53. The molecule has 0 unspecified atom stereocenters. The summed E-state index contributed by atoms with van der Waals surface area (Å²) in [5, 5.41) is 14.8. The highest BCUT2D eigenvalue weighted by Crippen LogP contribution is 2.24. The Morgan fingerprint density at radius 3 is 2.30 bits per heavy atom. The van der Waals surface area contributed by atoms with Crippen LogP contribution >= 0.6 is 11.8 Å². The number of nitrogens with zero attached hydrogens (tertiary/aromatic N) is 4. The number of aryl methyl sites for hydroxylation is 1. The zero-order chi connectivity index (χ0) is 31.0. The second kappa shape index (κ2) is 14.3. The average Bonchev–Trinajstić information content (AvgIpc) is 3.42. The van der Waals surface area contributed by atoms with Gasteiger partial charge in [0.25, 0.3) is 5.91 Å². The molecule has 11 nitrogen and oxygen atoms in total. The highest BCUT2D eigenvalue weighted by Gasteiger charge is 2.22. The number of sulfonamides is 1. The molecule has 2 amide bonds. The predicted octanol–water partition coefficient (Wildman–Crippen LogP) is 4.28. The molecule has 0 aliphatic rings. The lowest BCUT2D eigenvalue weighted by atomic mass is 10.2. The minimum atomic E-state index is -3.62. The Labute approximate surface area is 255 Å². The summed E-state index contributed by atoms with van der Waals surface area (Å²) in [5.74, 6) is 0.649. The van der Waals surface area contributed by atoms with E-state index in [-0.39, 0.29) is 23.1 Å². The van der Waals surface area contributed by atoms with Crippen LogP contribution < -0.4 is 15.4 Å². The second-order valence-electron chi connectivity index (χ2n) is 9.43. The highest BCUT2D eigenvalue weighted by atomic mass is 32.2. The van der Waals surface area contributed by atoms with Crippen molar-refractivity contribution in [1.82, 2.24) is 24.4 Å². The topological polar surface area (TPSA) is 136 Å². The van der Waals surface area contributed by atoms with Crippen molar-refractivity contribution in [3.05, 3.63) is 89.7 Å². The monoisotopic (exact) mass is 622 g/mol. The van der Waals surface area contributed by atoms with Gasteiger partial charge in [0, 0.05) is 30.0 Å². The van der Waals surface area contributed by atoms with Crippen LogP contribution in [0.1, 0.15) is 35.6 Å². The van der Waals surface area contributed by atoms with Gasteiger partial charge in [0.1, 0.15) is 5.75 Å². The number of aromatic nitrogens is 3. The van der Waals surface area contributed by atoms with Crippen molar-refractivity contribution in [2.45, 2.75) is 37.4 Å². The maximum atomic E-state index is 13.0. The van der Waals surface area contributed by atoms with Crippen molar-refractivity contribution in [1.29, 1.82) is 0 Å². The molecule has 4 rings (SSSR count). The second-order valence-corrected chi connectivity index (χ2v) is 12.3. The van der Waals surface area contributed by atoms with Crippen LogP contribution in [0.4, 0.5) is 5.69 Å². The van der Waals surface area contributed by atoms with Crippen LogP contribution in [0.15, 0.2) is 82.8 Å². The van der Waals surface area contributed by atoms with Crippen molar-refractivity contribution >= 4 is 39.3 Å². The highest BCUT2D eigenvalue weighted by molar-refractivity contribution is 7.99. The van der Waals surface area contributed by atoms with E-state index < -0.39 is 15.9 Å². The molecule has 4 aromatic rings. The standard InChI is InChI=1S/C30H34N6O5S2/c1-5-35(6-2)43(39,40)26-16-10-22(11-17-26)29(38)31-19-27-33-34-30(36(27)24-9-7-8-21(3)18-24)42-20-28(37)32-23-12-14-25(41-4)15-13-23/h7-18H,5-6,19-20H2,1-4H3,(H,31,38)(H,32,37). The van der Waals surface area contributed by atoms with Gasteiger partial charge in [-0.2, -0.15) is 4.31 Å². The molecule has 1 heterocycles. The number of methoxy groups -OCH3 is 1. The first-order valence-corrected chi connectivity index (χ1v) is 16.0. The molecule has 1 aromatic heterocycles. The largest absolute Gasteiger partial charge is 0.497 e. The van der Waals surface area contributed by atoms with Gasteiger partial charge in [0.15, 0.2) is 11.0 Å². The summed E-state index contributed by atoms with van der Waals surface area (Å²) in [6.07, 6.45) is 0. The van der Waals surface area contributed by atoms with Gasteiger partial charge in [-0.1, -0.05) is 37.7 Å². The Morgan fingerprint density at radius 1 is 0.977 bits per heavy atom. The molecule has 226 valence electrons. The van der Waals surface area contributed by atoms with Crippen molar-refractivity contribution < 1.29 is 22.7 Å². The molecule has 0 radical (unpaired) electrons. The van der Waals surface area contributed by atoms with Crippen LogP contribution in [-0.4, -0.2) is 65.3 Å². The van der Waals surface area contributed by atoms with E-state index in [0.717, 1.165) is 11.3 Å². The summed E-state index contributed by atoms with van der Waals surface area (Å²) in [5.41, 5.74) is 2.77. The Balaban J connectivity index is 1.47. The van der Waals surface area contributed by atoms with E-state index in [1.165, 1.54) is 40.3 Å². The summed E-state index contributed by atoms with van der Waals surface area (Å²) < 4.78 is 33.9. The van der Waals surface area contributed by atoms with Crippen molar-refractivity contribution in [2.24, 2.45) is 0 Å². The maximum Gasteiger partial charge on any atom is 0.251 e. The van der Waals surface area contributed by atoms with E-state index in [0.29, 0.717) is 41.1 Å². The molecule has 0 aliphatic heterocycles. The van der Waals surface area contributed by atoms with E-state index in [9.17, 15) is 18.0 Å². The van der Waals surface area contributed by atoms with E-state index in [2.05, 4.69) is 20.8 Å². The molecular weight excluding hydrogens is 589 g/mol.